The highest BCUT2D eigenvalue weighted by Crippen LogP contribution is 2.21. The van der Waals surface area contributed by atoms with E-state index in [9.17, 15) is 9.90 Å². The number of anilines is 1. The van der Waals surface area contributed by atoms with E-state index in [0.29, 0.717) is 17.3 Å². The number of rotatable bonds is 3. The minimum absolute atomic E-state index is 0.0891. The second kappa shape index (κ2) is 5.65. The molecule has 2 aromatic heterocycles. The molecular formula is C15H12N4O3. The van der Waals surface area contributed by atoms with Gasteiger partial charge in [-0.3, -0.25) is 4.79 Å². The van der Waals surface area contributed by atoms with E-state index in [-0.39, 0.29) is 17.5 Å². The van der Waals surface area contributed by atoms with Crippen LogP contribution in [0.15, 0.2) is 47.1 Å². The van der Waals surface area contributed by atoms with Gasteiger partial charge in [0.25, 0.3) is 11.8 Å². The molecule has 0 aliphatic rings. The van der Waals surface area contributed by atoms with Gasteiger partial charge >= 0.3 is 0 Å². The molecule has 2 heterocycles. The van der Waals surface area contributed by atoms with E-state index >= 15 is 0 Å². The number of carbonyl (C=O) groups excluding carboxylic acids is 1. The number of aromatic nitrogens is 3. The van der Waals surface area contributed by atoms with Gasteiger partial charge < -0.3 is 14.9 Å². The maximum atomic E-state index is 12.1. The van der Waals surface area contributed by atoms with Crippen molar-refractivity contribution in [3.63, 3.8) is 0 Å². The molecule has 7 heteroatoms. The van der Waals surface area contributed by atoms with E-state index in [2.05, 4.69) is 20.4 Å². The molecule has 22 heavy (non-hydrogen) atoms. The molecule has 0 aliphatic heterocycles. The lowest BCUT2D eigenvalue weighted by Crippen LogP contribution is -2.12. The first-order valence-corrected chi connectivity index (χ1v) is 6.49. The van der Waals surface area contributed by atoms with E-state index in [0.717, 1.165) is 5.56 Å². The van der Waals surface area contributed by atoms with Crippen molar-refractivity contribution >= 4 is 11.7 Å². The van der Waals surface area contributed by atoms with Gasteiger partial charge in [0, 0.05) is 17.3 Å². The molecule has 0 saturated carbocycles. The largest absolute Gasteiger partial charge is 0.504 e. The summed E-state index contributed by atoms with van der Waals surface area (Å²) in [6, 6.07) is 9.70. The van der Waals surface area contributed by atoms with Crippen LogP contribution in [0.4, 0.5) is 5.82 Å². The Labute approximate surface area is 125 Å². The number of aromatic hydroxyl groups is 1. The number of pyridine rings is 1. The number of nitrogens with one attached hydrogen (secondary N) is 1. The smallest absolute Gasteiger partial charge is 0.257 e. The lowest BCUT2D eigenvalue weighted by atomic mass is 10.1. The molecule has 7 nitrogen and oxygen atoms in total. The molecule has 3 aromatic rings. The van der Waals surface area contributed by atoms with Crippen LogP contribution in [0, 0.1) is 6.92 Å². The average Bonchev–Trinajstić information content (AvgIpc) is 2.96. The third-order valence-electron chi connectivity index (χ3n) is 2.94. The number of hydrogen-bond acceptors (Lipinski definition) is 6. The van der Waals surface area contributed by atoms with Crippen molar-refractivity contribution in [3.05, 3.63) is 54.0 Å². The quantitative estimate of drug-likeness (QED) is 0.769. The van der Waals surface area contributed by atoms with Crippen LogP contribution in [0.5, 0.6) is 5.75 Å². The second-order valence-electron chi connectivity index (χ2n) is 4.55. The predicted octanol–water partition coefficient (Wildman–Crippen LogP) is 2.40. The zero-order valence-corrected chi connectivity index (χ0v) is 11.6. The molecule has 2 N–H and O–H groups in total. The summed E-state index contributed by atoms with van der Waals surface area (Å²) in [6.07, 6.45) is 1.48. The maximum absolute atomic E-state index is 12.1. The third kappa shape index (κ3) is 2.78. The molecule has 1 amide bonds. The summed E-state index contributed by atoms with van der Waals surface area (Å²) < 4.78 is 5.06. The Kier molecular flexibility index (Phi) is 3.53. The van der Waals surface area contributed by atoms with Gasteiger partial charge in [0.05, 0.1) is 0 Å². The minimum atomic E-state index is -0.373. The highest BCUT2D eigenvalue weighted by Gasteiger charge is 2.11. The number of hydrogen-bond donors (Lipinski definition) is 2. The van der Waals surface area contributed by atoms with Crippen molar-refractivity contribution in [1.29, 1.82) is 0 Å². The van der Waals surface area contributed by atoms with Crippen molar-refractivity contribution in [3.8, 4) is 17.2 Å². The fraction of sp³-hybridized carbons (Fsp3) is 0.0667. The molecule has 0 bridgehead atoms. The van der Waals surface area contributed by atoms with E-state index in [4.69, 9.17) is 4.52 Å². The van der Waals surface area contributed by atoms with Crippen molar-refractivity contribution in [1.82, 2.24) is 15.1 Å². The lowest BCUT2D eigenvalue weighted by Gasteiger charge is -2.06. The number of carbonyl (C=O) groups is 1. The van der Waals surface area contributed by atoms with Crippen LogP contribution in [0.3, 0.4) is 0 Å². The summed E-state index contributed by atoms with van der Waals surface area (Å²) in [4.78, 5) is 20.1. The first-order valence-electron chi connectivity index (χ1n) is 6.49. The third-order valence-corrected chi connectivity index (χ3v) is 2.94. The monoisotopic (exact) mass is 296 g/mol. The fourth-order valence-corrected chi connectivity index (χ4v) is 1.85. The van der Waals surface area contributed by atoms with Crippen LogP contribution in [-0.2, 0) is 0 Å². The highest BCUT2D eigenvalue weighted by molar-refractivity contribution is 6.04. The van der Waals surface area contributed by atoms with Crippen molar-refractivity contribution < 1.29 is 14.4 Å². The van der Waals surface area contributed by atoms with Gasteiger partial charge in [0.2, 0.25) is 0 Å². The van der Waals surface area contributed by atoms with Crippen molar-refractivity contribution in [2.24, 2.45) is 0 Å². The molecule has 1 aromatic carbocycles. The molecule has 110 valence electrons. The molecule has 3 rings (SSSR count). The number of benzene rings is 1. The van der Waals surface area contributed by atoms with Crippen LogP contribution < -0.4 is 5.32 Å². The van der Waals surface area contributed by atoms with E-state index in [1.165, 1.54) is 12.3 Å². The first-order chi connectivity index (χ1) is 10.6. The summed E-state index contributed by atoms with van der Waals surface area (Å²) in [6.45, 7) is 1.73. The molecule has 0 atom stereocenters. The molecule has 0 fully saturated rings. The Morgan fingerprint density at radius 1 is 1.23 bits per heavy atom. The van der Waals surface area contributed by atoms with Gasteiger partial charge in [0.15, 0.2) is 17.4 Å². The normalized spacial score (nSPS) is 10.4. The summed E-state index contributed by atoms with van der Waals surface area (Å²) in [7, 11) is 0. The van der Waals surface area contributed by atoms with Gasteiger partial charge in [-0.2, -0.15) is 4.98 Å². The van der Waals surface area contributed by atoms with Gasteiger partial charge in [-0.25, -0.2) is 4.98 Å². The zero-order valence-electron chi connectivity index (χ0n) is 11.6. The molecule has 0 spiro atoms. The zero-order chi connectivity index (χ0) is 15.5. The fourth-order valence-electron chi connectivity index (χ4n) is 1.85. The van der Waals surface area contributed by atoms with Crippen LogP contribution in [0.2, 0.25) is 0 Å². The van der Waals surface area contributed by atoms with Crippen molar-refractivity contribution in [2.75, 3.05) is 5.32 Å². The molecule has 0 unspecified atom stereocenters. The van der Waals surface area contributed by atoms with Gasteiger partial charge in [-0.05, 0) is 43.3 Å². The van der Waals surface area contributed by atoms with Gasteiger partial charge in [-0.15, -0.1) is 0 Å². The molecule has 0 aliphatic carbocycles. The predicted molar refractivity (Wildman–Crippen MR) is 78.3 cm³/mol. The van der Waals surface area contributed by atoms with Crippen LogP contribution in [0.1, 0.15) is 16.2 Å². The van der Waals surface area contributed by atoms with Gasteiger partial charge in [-0.1, -0.05) is 5.16 Å². The summed E-state index contributed by atoms with van der Waals surface area (Å²) in [5, 5.41) is 15.8. The molecule has 0 radical (unpaired) electrons. The summed E-state index contributed by atoms with van der Waals surface area (Å²) in [5.41, 5.74) is 1.14. The molecule has 0 saturated heterocycles. The maximum Gasteiger partial charge on any atom is 0.257 e. The van der Waals surface area contributed by atoms with Crippen LogP contribution >= 0.6 is 0 Å². The van der Waals surface area contributed by atoms with Crippen LogP contribution in [-0.4, -0.2) is 26.1 Å². The number of nitrogens with zero attached hydrogens (tertiary/aromatic N) is 3. The summed E-state index contributed by atoms with van der Waals surface area (Å²) >= 11 is 0. The van der Waals surface area contributed by atoms with Gasteiger partial charge in [0.1, 0.15) is 0 Å². The Bertz CT molecular complexity index is 812. The highest BCUT2D eigenvalue weighted by atomic mass is 16.5. The molecular weight excluding hydrogens is 284 g/mol. The average molecular weight is 296 g/mol. The first kappa shape index (κ1) is 13.7. The number of aryl methyl sites for hydroxylation is 1. The SMILES string of the molecule is Cc1noc(-c2ccc(C(=O)Nc3ncccc3O)cc2)n1. The second-order valence-corrected chi connectivity index (χ2v) is 4.55. The Hall–Kier alpha value is -3.22. The number of amides is 1. The van der Waals surface area contributed by atoms with E-state index in [1.54, 1.807) is 37.3 Å². The van der Waals surface area contributed by atoms with Crippen molar-refractivity contribution in [2.45, 2.75) is 6.92 Å². The summed E-state index contributed by atoms with van der Waals surface area (Å²) in [5.74, 6) is 0.592. The van der Waals surface area contributed by atoms with Crippen LogP contribution in [0.25, 0.3) is 11.5 Å². The standard InChI is InChI=1S/C15H12N4O3/c1-9-17-15(22-19-9)11-6-4-10(5-7-11)14(21)18-13-12(20)3-2-8-16-13/h2-8,20H,1H3,(H,16,18,21). The van der Waals surface area contributed by atoms with E-state index < -0.39 is 0 Å². The topological polar surface area (TPSA) is 101 Å². The lowest BCUT2D eigenvalue weighted by molar-refractivity contribution is 0.102. The Morgan fingerprint density at radius 2 is 2.00 bits per heavy atom. The Morgan fingerprint density at radius 3 is 2.64 bits per heavy atom. The Balaban J connectivity index is 1.78. The minimum Gasteiger partial charge on any atom is -0.504 e. The van der Waals surface area contributed by atoms with E-state index in [1.807, 2.05) is 0 Å².